The molecule has 5 nitrogen and oxygen atoms in total. The number of halogens is 1. The van der Waals surface area contributed by atoms with E-state index in [0.29, 0.717) is 0 Å². The molecule has 0 saturated carbocycles. The predicted octanol–water partition coefficient (Wildman–Crippen LogP) is 2.71. The molecule has 0 radical (unpaired) electrons. The molecule has 3 aromatic rings. The second kappa shape index (κ2) is 5.50. The molecule has 0 N–H and O–H groups in total. The maximum absolute atomic E-state index is 6.08. The zero-order chi connectivity index (χ0) is 14.9. The SMILES string of the molecule is Clc1cccc(N2CCN(c3nccn4ccnc34)CC2)c1. The zero-order valence-corrected chi connectivity index (χ0v) is 12.8. The molecule has 22 heavy (non-hydrogen) atoms. The van der Waals surface area contributed by atoms with E-state index < -0.39 is 0 Å². The highest BCUT2D eigenvalue weighted by atomic mass is 35.5. The second-order valence-corrected chi connectivity index (χ2v) is 5.80. The average Bonchev–Trinajstić information content (AvgIpc) is 3.04. The zero-order valence-electron chi connectivity index (χ0n) is 12.1. The summed E-state index contributed by atoms with van der Waals surface area (Å²) in [7, 11) is 0. The summed E-state index contributed by atoms with van der Waals surface area (Å²) in [4.78, 5) is 13.6. The third-order valence-corrected chi connectivity index (χ3v) is 4.28. The third kappa shape index (κ3) is 2.37. The molecule has 0 aliphatic carbocycles. The fourth-order valence-corrected chi connectivity index (χ4v) is 3.10. The van der Waals surface area contributed by atoms with Gasteiger partial charge in [-0.05, 0) is 18.2 Å². The first-order chi connectivity index (χ1) is 10.8. The van der Waals surface area contributed by atoms with Crippen molar-refractivity contribution in [2.45, 2.75) is 0 Å². The Labute approximate surface area is 133 Å². The van der Waals surface area contributed by atoms with Crippen molar-refractivity contribution in [3.8, 4) is 0 Å². The number of fused-ring (bicyclic) bond motifs is 1. The van der Waals surface area contributed by atoms with Gasteiger partial charge in [0.15, 0.2) is 11.5 Å². The van der Waals surface area contributed by atoms with Crippen LogP contribution < -0.4 is 9.80 Å². The molecule has 1 aliphatic heterocycles. The summed E-state index contributed by atoms with van der Waals surface area (Å²) in [6, 6.07) is 8.03. The van der Waals surface area contributed by atoms with Gasteiger partial charge in [0.1, 0.15) is 0 Å². The van der Waals surface area contributed by atoms with Crippen molar-refractivity contribution in [3.63, 3.8) is 0 Å². The Bertz CT molecular complexity index is 792. The van der Waals surface area contributed by atoms with Crippen molar-refractivity contribution in [2.75, 3.05) is 36.0 Å². The maximum atomic E-state index is 6.08. The topological polar surface area (TPSA) is 36.7 Å². The molecule has 1 aliphatic rings. The van der Waals surface area contributed by atoms with Gasteiger partial charge in [0, 0.05) is 61.7 Å². The summed E-state index contributed by atoms with van der Waals surface area (Å²) >= 11 is 6.08. The van der Waals surface area contributed by atoms with Gasteiger partial charge in [-0.15, -0.1) is 0 Å². The monoisotopic (exact) mass is 313 g/mol. The van der Waals surface area contributed by atoms with Crippen molar-refractivity contribution in [1.82, 2.24) is 14.4 Å². The van der Waals surface area contributed by atoms with Crippen LogP contribution >= 0.6 is 11.6 Å². The fraction of sp³-hybridized carbons (Fsp3) is 0.250. The standard InChI is InChI=1S/C16H16ClN5/c17-13-2-1-3-14(12-13)20-8-10-22(11-9-20)16-15-18-4-6-21(15)7-5-19-16/h1-7,12H,8-11H2. The van der Waals surface area contributed by atoms with Crippen molar-refractivity contribution >= 4 is 28.8 Å². The molecule has 1 fully saturated rings. The Morgan fingerprint density at radius 3 is 2.41 bits per heavy atom. The summed E-state index contributed by atoms with van der Waals surface area (Å²) < 4.78 is 2.01. The molecule has 0 amide bonds. The summed E-state index contributed by atoms with van der Waals surface area (Å²) in [5, 5.41) is 0.781. The summed E-state index contributed by atoms with van der Waals surface area (Å²) in [6.45, 7) is 3.74. The number of benzene rings is 1. The molecule has 0 unspecified atom stereocenters. The first-order valence-corrected chi connectivity index (χ1v) is 7.72. The average molecular weight is 314 g/mol. The Balaban J connectivity index is 1.53. The van der Waals surface area contributed by atoms with E-state index in [2.05, 4.69) is 25.8 Å². The predicted molar refractivity (Wildman–Crippen MR) is 88.9 cm³/mol. The van der Waals surface area contributed by atoms with Gasteiger partial charge < -0.3 is 14.2 Å². The van der Waals surface area contributed by atoms with Crippen LogP contribution in [0.1, 0.15) is 0 Å². The Kier molecular flexibility index (Phi) is 3.35. The number of piperazine rings is 1. The van der Waals surface area contributed by atoms with Crippen molar-refractivity contribution < 1.29 is 0 Å². The van der Waals surface area contributed by atoms with Crippen LogP contribution in [0.4, 0.5) is 11.5 Å². The number of hydrogen-bond acceptors (Lipinski definition) is 4. The number of anilines is 2. The molecule has 112 valence electrons. The van der Waals surface area contributed by atoms with E-state index in [-0.39, 0.29) is 0 Å². The first kappa shape index (κ1) is 13.4. The minimum absolute atomic E-state index is 0.781. The number of aromatic nitrogens is 3. The molecule has 0 bridgehead atoms. The third-order valence-electron chi connectivity index (χ3n) is 4.05. The summed E-state index contributed by atoms with van der Waals surface area (Å²) in [6.07, 6.45) is 7.51. The molecule has 6 heteroatoms. The van der Waals surface area contributed by atoms with Crippen LogP contribution in [-0.2, 0) is 0 Å². The van der Waals surface area contributed by atoms with Crippen LogP contribution in [0, 0.1) is 0 Å². The van der Waals surface area contributed by atoms with Crippen LogP contribution in [0.5, 0.6) is 0 Å². The normalized spacial score (nSPS) is 15.5. The van der Waals surface area contributed by atoms with Gasteiger partial charge in [0.25, 0.3) is 0 Å². The molecular formula is C16H16ClN5. The van der Waals surface area contributed by atoms with Gasteiger partial charge in [-0.25, -0.2) is 9.97 Å². The number of hydrogen-bond donors (Lipinski definition) is 0. The lowest BCUT2D eigenvalue weighted by Crippen LogP contribution is -2.47. The van der Waals surface area contributed by atoms with Gasteiger partial charge in [-0.2, -0.15) is 0 Å². The minimum Gasteiger partial charge on any atom is -0.368 e. The smallest absolute Gasteiger partial charge is 0.180 e. The van der Waals surface area contributed by atoms with Gasteiger partial charge >= 0.3 is 0 Å². The van der Waals surface area contributed by atoms with E-state index in [4.69, 9.17) is 11.6 Å². The van der Waals surface area contributed by atoms with Crippen LogP contribution in [0.15, 0.2) is 49.1 Å². The lowest BCUT2D eigenvalue weighted by Gasteiger charge is -2.36. The van der Waals surface area contributed by atoms with Gasteiger partial charge in [0.05, 0.1) is 0 Å². The number of rotatable bonds is 2. The first-order valence-electron chi connectivity index (χ1n) is 7.34. The highest BCUT2D eigenvalue weighted by molar-refractivity contribution is 6.30. The Morgan fingerprint density at radius 1 is 0.909 bits per heavy atom. The van der Waals surface area contributed by atoms with E-state index in [1.807, 2.05) is 47.4 Å². The molecule has 2 aromatic heterocycles. The van der Waals surface area contributed by atoms with Crippen molar-refractivity contribution in [2.24, 2.45) is 0 Å². The summed E-state index contributed by atoms with van der Waals surface area (Å²) in [5.41, 5.74) is 2.10. The van der Waals surface area contributed by atoms with E-state index in [9.17, 15) is 0 Å². The van der Waals surface area contributed by atoms with Crippen molar-refractivity contribution in [1.29, 1.82) is 0 Å². The minimum atomic E-state index is 0.781. The molecule has 1 aromatic carbocycles. The van der Waals surface area contributed by atoms with Crippen molar-refractivity contribution in [3.05, 3.63) is 54.1 Å². The molecule has 4 rings (SSSR count). The molecule has 1 saturated heterocycles. The Hall–Kier alpha value is -2.27. The molecule has 0 atom stereocenters. The number of imidazole rings is 1. The molecule has 0 spiro atoms. The lowest BCUT2D eigenvalue weighted by molar-refractivity contribution is 0.647. The van der Waals surface area contributed by atoms with E-state index in [0.717, 1.165) is 42.7 Å². The molecule has 3 heterocycles. The summed E-state index contributed by atoms with van der Waals surface area (Å²) in [5.74, 6) is 0.957. The van der Waals surface area contributed by atoms with E-state index >= 15 is 0 Å². The van der Waals surface area contributed by atoms with Crippen LogP contribution in [0.2, 0.25) is 5.02 Å². The van der Waals surface area contributed by atoms with Gasteiger partial charge in [-0.1, -0.05) is 17.7 Å². The molecular weight excluding hydrogens is 298 g/mol. The van der Waals surface area contributed by atoms with Crippen LogP contribution in [0.3, 0.4) is 0 Å². The fourth-order valence-electron chi connectivity index (χ4n) is 2.91. The van der Waals surface area contributed by atoms with Gasteiger partial charge in [-0.3, -0.25) is 0 Å². The maximum Gasteiger partial charge on any atom is 0.180 e. The highest BCUT2D eigenvalue weighted by Crippen LogP contribution is 2.23. The quantitative estimate of drug-likeness (QED) is 0.729. The van der Waals surface area contributed by atoms with Gasteiger partial charge in [0.2, 0.25) is 0 Å². The number of nitrogens with zero attached hydrogens (tertiary/aromatic N) is 5. The van der Waals surface area contributed by atoms with Crippen LogP contribution in [-0.4, -0.2) is 40.5 Å². The van der Waals surface area contributed by atoms with E-state index in [1.54, 1.807) is 0 Å². The highest BCUT2D eigenvalue weighted by Gasteiger charge is 2.20. The Morgan fingerprint density at radius 2 is 1.64 bits per heavy atom. The van der Waals surface area contributed by atoms with E-state index in [1.165, 1.54) is 5.69 Å². The van der Waals surface area contributed by atoms with Crippen LogP contribution in [0.25, 0.3) is 5.65 Å². The second-order valence-electron chi connectivity index (χ2n) is 5.36. The lowest BCUT2D eigenvalue weighted by atomic mass is 10.2. The largest absolute Gasteiger partial charge is 0.368 e.